The van der Waals surface area contributed by atoms with Crippen LogP contribution in [0.2, 0.25) is 0 Å². The van der Waals surface area contributed by atoms with Crippen LogP contribution >= 0.6 is 0 Å². The fourth-order valence-corrected chi connectivity index (χ4v) is 4.17. The first-order valence-corrected chi connectivity index (χ1v) is 9.99. The number of likely N-dealkylation sites (N-methyl/N-ethyl adjacent to an activating group) is 1. The van der Waals surface area contributed by atoms with Crippen LogP contribution in [0.15, 0.2) is 42.6 Å². The quantitative estimate of drug-likeness (QED) is 0.668. The van der Waals surface area contributed by atoms with Crippen LogP contribution in [0.5, 0.6) is 0 Å². The summed E-state index contributed by atoms with van der Waals surface area (Å²) in [5.74, 6) is 0.419. The molecule has 154 valence electrons. The van der Waals surface area contributed by atoms with Crippen LogP contribution in [0.25, 0.3) is 0 Å². The third-order valence-electron chi connectivity index (χ3n) is 5.84. The van der Waals surface area contributed by atoms with Crippen LogP contribution in [0.3, 0.4) is 0 Å². The maximum Gasteiger partial charge on any atom is 0.291 e. The highest BCUT2D eigenvalue weighted by Gasteiger charge is 2.52. The first-order valence-electron chi connectivity index (χ1n) is 9.99. The topological polar surface area (TPSA) is 128 Å². The van der Waals surface area contributed by atoms with E-state index in [4.69, 9.17) is 0 Å². The van der Waals surface area contributed by atoms with E-state index in [1.165, 1.54) is 11.1 Å². The number of nitriles is 1. The van der Waals surface area contributed by atoms with E-state index < -0.39 is 11.9 Å². The number of anilines is 1. The van der Waals surface area contributed by atoms with Crippen molar-refractivity contribution in [1.82, 2.24) is 25.5 Å². The van der Waals surface area contributed by atoms with Gasteiger partial charge >= 0.3 is 0 Å². The van der Waals surface area contributed by atoms with Gasteiger partial charge in [0, 0.05) is 19.7 Å². The Balaban J connectivity index is 1.33. The van der Waals surface area contributed by atoms with Crippen molar-refractivity contribution in [2.24, 2.45) is 5.92 Å². The summed E-state index contributed by atoms with van der Waals surface area (Å²) in [6.07, 6.45) is 2.74. The number of carbonyl (C=O) groups is 2. The molecule has 9 heteroatoms. The summed E-state index contributed by atoms with van der Waals surface area (Å²) in [4.78, 5) is 35.9. The number of hydrogen-bond acceptors (Lipinski definition) is 6. The van der Waals surface area contributed by atoms with E-state index in [9.17, 15) is 14.9 Å². The van der Waals surface area contributed by atoms with Gasteiger partial charge in [-0.25, -0.2) is 9.97 Å². The zero-order valence-corrected chi connectivity index (χ0v) is 16.7. The van der Waals surface area contributed by atoms with E-state index in [2.05, 4.69) is 31.6 Å². The fraction of sp³-hybridized carbons (Fsp3) is 0.273. The highest BCUT2D eigenvalue weighted by atomic mass is 16.2. The zero-order valence-electron chi connectivity index (χ0n) is 16.7. The van der Waals surface area contributed by atoms with Crippen molar-refractivity contribution < 1.29 is 9.59 Å². The molecule has 0 radical (unpaired) electrons. The van der Waals surface area contributed by atoms with Crippen molar-refractivity contribution in [2.75, 3.05) is 11.9 Å². The number of nitrogens with zero attached hydrogens (tertiary/aromatic N) is 5. The SMILES string of the molecule is CN1C(=O)[C@@H](NC(=O)c2n[nH]c(Cc3ccccc3)n2)[C@H]2C[C@H]2c2cc(C#N)cnc21. The molecular formula is C22H19N7O2. The maximum absolute atomic E-state index is 13.1. The van der Waals surface area contributed by atoms with Crippen molar-refractivity contribution in [2.45, 2.75) is 24.8 Å². The van der Waals surface area contributed by atoms with Crippen LogP contribution in [-0.4, -0.2) is 45.1 Å². The first kappa shape index (κ1) is 18.9. The molecule has 2 N–H and O–H groups in total. The van der Waals surface area contributed by atoms with Crippen molar-refractivity contribution >= 4 is 17.6 Å². The van der Waals surface area contributed by atoms with Gasteiger partial charge in [0.25, 0.3) is 11.8 Å². The molecule has 0 saturated heterocycles. The molecule has 2 aromatic heterocycles. The van der Waals surface area contributed by atoms with Crippen LogP contribution < -0.4 is 10.2 Å². The van der Waals surface area contributed by atoms with E-state index in [1.54, 1.807) is 13.1 Å². The van der Waals surface area contributed by atoms with Gasteiger partial charge in [-0.3, -0.25) is 19.6 Å². The Morgan fingerprint density at radius 3 is 2.94 bits per heavy atom. The highest BCUT2D eigenvalue weighted by Crippen LogP contribution is 2.54. The Morgan fingerprint density at radius 2 is 2.16 bits per heavy atom. The number of aromatic nitrogens is 4. The minimum absolute atomic E-state index is 0.00485. The second kappa shape index (κ2) is 7.32. The lowest BCUT2D eigenvalue weighted by atomic mass is 10.1. The van der Waals surface area contributed by atoms with Gasteiger partial charge in [-0.05, 0) is 35.4 Å². The zero-order chi connectivity index (χ0) is 21.5. The van der Waals surface area contributed by atoms with Gasteiger partial charge in [0.15, 0.2) is 0 Å². The number of H-pyrrole nitrogens is 1. The van der Waals surface area contributed by atoms with Gasteiger partial charge in [0.05, 0.1) is 5.56 Å². The second-order valence-corrected chi connectivity index (χ2v) is 7.87. The number of pyridine rings is 1. The molecule has 1 saturated carbocycles. The number of fused-ring (bicyclic) bond motifs is 3. The summed E-state index contributed by atoms with van der Waals surface area (Å²) >= 11 is 0. The van der Waals surface area contributed by atoms with Crippen LogP contribution in [0, 0.1) is 17.2 Å². The largest absolute Gasteiger partial charge is 0.337 e. The van der Waals surface area contributed by atoms with E-state index in [0.29, 0.717) is 23.6 Å². The smallest absolute Gasteiger partial charge is 0.291 e. The minimum atomic E-state index is -0.696. The molecule has 0 unspecified atom stereocenters. The van der Waals surface area contributed by atoms with Crippen molar-refractivity contribution in [3.05, 3.63) is 70.9 Å². The van der Waals surface area contributed by atoms with Crippen molar-refractivity contribution in [1.29, 1.82) is 5.26 Å². The second-order valence-electron chi connectivity index (χ2n) is 7.87. The van der Waals surface area contributed by atoms with Crippen molar-refractivity contribution in [3.8, 4) is 6.07 Å². The minimum Gasteiger partial charge on any atom is -0.337 e. The van der Waals surface area contributed by atoms with Crippen LogP contribution in [0.1, 0.15) is 45.5 Å². The van der Waals surface area contributed by atoms with E-state index in [1.807, 2.05) is 30.3 Å². The lowest BCUT2D eigenvalue weighted by Gasteiger charge is -2.22. The molecule has 2 aliphatic rings. The molecule has 1 fully saturated rings. The van der Waals surface area contributed by atoms with E-state index >= 15 is 0 Å². The number of amides is 2. The number of nitrogens with one attached hydrogen (secondary N) is 2. The average Bonchev–Trinajstić information content (AvgIpc) is 3.46. The van der Waals surface area contributed by atoms with Crippen LogP contribution in [-0.2, 0) is 11.2 Å². The number of rotatable bonds is 4. The highest BCUT2D eigenvalue weighted by molar-refractivity contribution is 6.02. The fourth-order valence-electron chi connectivity index (χ4n) is 4.17. The summed E-state index contributed by atoms with van der Waals surface area (Å²) in [6.45, 7) is 0. The molecular weight excluding hydrogens is 394 g/mol. The van der Waals surface area contributed by atoms with Gasteiger partial charge in [-0.2, -0.15) is 5.26 Å². The molecule has 3 aromatic rings. The molecule has 1 aliphatic carbocycles. The average molecular weight is 413 g/mol. The van der Waals surface area contributed by atoms with Gasteiger partial charge in [0.1, 0.15) is 23.8 Å². The van der Waals surface area contributed by atoms with Gasteiger partial charge < -0.3 is 5.32 Å². The molecule has 31 heavy (non-hydrogen) atoms. The molecule has 9 nitrogen and oxygen atoms in total. The molecule has 3 heterocycles. The molecule has 1 aliphatic heterocycles. The molecule has 2 amide bonds. The lowest BCUT2D eigenvalue weighted by Crippen LogP contribution is -2.48. The number of hydrogen-bond donors (Lipinski definition) is 2. The number of benzene rings is 1. The molecule has 0 bridgehead atoms. The summed E-state index contributed by atoms with van der Waals surface area (Å²) in [5.41, 5.74) is 2.38. The number of carbonyl (C=O) groups excluding carboxylic acids is 2. The summed E-state index contributed by atoms with van der Waals surface area (Å²) in [7, 11) is 1.63. The summed E-state index contributed by atoms with van der Waals surface area (Å²) in [6, 6.07) is 12.9. The predicted octanol–water partition coefficient (Wildman–Crippen LogP) is 1.54. The Hall–Kier alpha value is -4.06. The van der Waals surface area contributed by atoms with Crippen molar-refractivity contribution in [3.63, 3.8) is 0 Å². The number of aromatic amines is 1. The molecule has 1 aromatic carbocycles. The van der Waals surface area contributed by atoms with E-state index in [0.717, 1.165) is 17.5 Å². The van der Waals surface area contributed by atoms with Crippen LogP contribution in [0.4, 0.5) is 5.82 Å². The summed E-state index contributed by atoms with van der Waals surface area (Å²) < 4.78 is 0. The van der Waals surface area contributed by atoms with Gasteiger partial charge in [-0.15, -0.1) is 5.10 Å². The molecule has 5 rings (SSSR count). The summed E-state index contributed by atoms with van der Waals surface area (Å²) in [5, 5.41) is 18.8. The Morgan fingerprint density at radius 1 is 1.35 bits per heavy atom. The van der Waals surface area contributed by atoms with Gasteiger partial charge in [0.2, 0.25) is 5.82 Å². The third kappa shape index (κ3) is 3.42. The Bertz CT molecular complexity index is 1210. The Kier molecular flexibility index (Phi) is 4.47. The lowest BCUT2D eigenvalue weighted by molar-refractivity contribution is -0.120. The predicted molar refractivity (Wildman–Crippen MR) is 110 cm³/mol. The monoisotopic (exact) mass is 413 g/mol. The third-order valence-corrected chi connectivity index (χ3v) is 5.84. The first-order chi connectivity index (χ1) is 15.0. The molecule has 3 atom stereocenters. The van der Waals surface area contributed by atoms with Gasteiger partial charge in [-0.1, -0.05) is 30.3 Å². The van der Waals surface area contributed by atoms with E-state index in [-0.39, 0.29) is 23.6 Å². The maximum atomic E-state index is 13.1. The Labute approximate surface area is 178 Å². The normalized spacial score (nSPS) is 21.5. The molecule has 0 spiro atoms. The standard InChI is InChI=1S/C22H19N7O2/c1-29-20-16(7-13(10-23)11-24-20)14-9-15(14)18(22(29)31)26-21(30)19-25-17(27-28-19)8-12-5-3-2-4-6-12/h2-7,11,14-15,18H,8-9H2,1H3,(H,26,30)(H,25,27,28)/t14-,15+,18+/m1/s1.